The van der Waals surface area contributed by atoms with Crippen LogP contribution in [0.4, 0.5) is 11.5 Å². The van der Waals surface area contributed by atoms with E-state index in [1.54, 1.807) is 23.7 Å². The SMILES string of the molecule is Cc1sc2ncnc(Nc3cc(Cl)cc(Cl)c3)c2c1-c1ccc(Cl)cc1. The van der Waals surface area contributed by atoms with Crippen molar-refractivity contribution in [2.75, 3.05) is 5.32 Å². The van der Waals surface area contributed by atoms with Crippen molar-refractivity contribution in [2.24, 2.45) is 0 Å². The lowest BCUT2D eigenvalue weighted by molar-refractivity contribution is 1.23. The summed E-state index contributed by atoms with van der Waals surface area (Å²) in [6.07, 6.45) is 1.55. The van der Waals surface area contributed by atoms with Gasteiger partial charge in [0.05, 0.1) is 5.39 Å². The minimum Gasteiger partial charge on any atom is -0.339 e. The average Bonchev–Trinajstić information content (AvgIpc) is 2.92. The highest BCUT2D eigenvalue weighted by Gasteiger charge is 2.17. The molecule has 0 unspecified atom stereocenters. The number of nitrogens with one attached hydrogen (secondary N) is 1. The Bertz CT molecular complexity index is 1090. The van der Waals surface area contributed by atoms with Gasteiger partial charge in [0, 0.05) is 31.2 Å². The van der Waals surface area contributed by atoms with Crippen molar-refractivity contribution in [3.63, 3.8) is 0 Å². The van der Waals surface area contributed by atoms with Crippen LogP contribution in [0, 0.1) is 6.92 Å². The second-order valence-corrected chi connectivity index (χ2v) is 8.24. The Morgan fingerprint density at radius 1 is 0.885 bits per heavy atom. The molecule has 4 aromatic rings. The van der Waals surface area contributed by atoms with Gasteiger partial charge in [0.2, 0.25) is 0 Å². The number of rotatable bonds is 3. The Labute approximate surface area is 169 Å². The van der Waals surface area contributed by atoms with Gasteiger partial charge in [-0.15, -0.1) is 11.3 Å². The zero-order valence-corrected chi connectivity index (χ0v) is 16.6. The van der Waals surface area contributed by atoms with Crippen LogP contribution < -0.4 is 5.32 Å². The van der Waals surface area contributed by atoms with Gasteiger partial charge < -0.3 is 5.32 Å². The fraction of sp³-hybridized carbons (Fsp3) is 0.0526. The highest BCUT2D eigenvalue weighted by Crippen LogP contribution is 2.41. The van der Waals surface area contributed by atoms with Crippen LogP contribution in [0.15, 0.2) is 48.8 Å². The van der Waals surface area contributed by atoms with Crippen molar-refractivity contribution in [3.05, 3.63) is 68.7 Å². The molecule has 0 atom stereocenters. The van der Waals surface area contributed by atoms with Crippen LogP contribution in [0.2, 0.25) is 15.1 Å². The summed E-state index contributed by atoms with van der Waals surface area (Å²) in [6.45, 7) is 2.08. The van der Waals surface area contributed by atoms with E-state index in [4.69, 9.17) is 34.8 Å². The normalized spacial score (nSPS) is 11.1. The second-order valence-electron chi connectivity index (χ2n) is 5.73. The summed E-state index contributed by atoms with van der Waals surface area (Å²) in [5.41, 5.74) is 2.94. The molecule has 0 aliphatic heterocycles. The molecule has 0 fully saturated rings. The van der Waals surface area contributed by atoms with E-state index in [-0.39, 0.29) is 0 Å². The Morgan fingerprint density at radius 2 is 1.58 bits per heavy atom. The molecule has 0 aliphatic carbocycles. The monoisotopic (exact) mass is 419 g/mol. The topological polar surface area (TPSA) is 37.8 Å². The maximum Gasteiger partial charge on any atom is 0.143 e. The molecule has 0 bridgehead atoms. The number of anilines is 2. The number of fused-ring (bicyclic) bond motifs is 1. The molecule has 0 saturated carbocycles. The summed E-state index contributed by atoms with van der Waals surface area (Å²) in [6, 6.07) is 13.1. The van der Waals surface area contributed by atoms with Gasteiger partial charge in [-0.2, -0.15) is 0 Å². The lowest BCUT2D eigenvalue weighted by atomic mass is 10.0. The van der Waals surface area contributed by atoms with E-state index in [1.165, 1.54) is 0 Å². The number of hydrogen-bond donors (Lipinski definition) is 1. The van der Waals surface area contributed by atoms with Crippen LogP contribution in [-0.2, 0) is 0 Å². The van der Waals surface area contributed by atoms with Crippen LogP contribution in [0.1, 0.15) is 4.88 Å². The molecule has 3 nitrogen and oxygen atoms in total. The number of hydrogen-bond acceptors (Lipinski definition) is 4. The van der Waals surface area contributed by atoms with Gasteiger partial charge >= 0.3 is 0 Å². The number of aromatic nitrogens is 2. The predicted octanol–water partition coefficient (Wildman–Crippen LogP) is 7.37. The van der Waals surface area contributed by atoms with Gasteiger partial charge in [0.15, 0.2) is 0 Å². The van der Waals surface area contributed by atoms with E-state index in [1.807, 2.05) is 36.4 Å². The van der Waals surface area contributed by atoms with Gasteiger partial charge in [-0.1, -0.05) is 46.9 Å². The number of aryl methyl sites for hydroxylation is 1. The summed E-state index contributed by atoms with van der Waals surface area (Å²) < 4.78 is 0. The van der Waals surface area contributed by atoms with Gasteiger partial charge in [-0.25, -0.2) is 9.97 Å². The highest BCUT2D eigenvalue weighted by atomic mass is 35.5. The van der Waals surface area contributed by atoms with Crippen molar-refractivity contribution in [1.82, 2.24) is 9.97 Å². The molecular formula is C19H12Cl3N3S. The van der Waals surface area contributed by atoms with E-state index in [0.717, 1.165) is 31.9 Å². The minimum atomic E-state index is 0.560. The number of nitrogens with zero attached hydrogens (tertiary/aromatic N) is 2. The fourth-order valence-electron chi connectivity index (χ4n) is 2.87. The van der Waals surface area contributed by atoms with E-state index < -0.39 is 0 Å². The first kappa shape index (κ1) is 17.6. The van der Waals surface area contributed by atoms with Gasteiger partial charge in [0.1, 0.15) is 17.0 Å². The second kappa shape index (κ2) is 7.05. The molecule has 130 valence electrons. The van der Waals surface area contributed by atoms with Crippen LogP contribution in [0.25, 0.3) is 21.3 Å². The fourth-order valence-corrected chi connectivity index (χ4v) is 4.53. The average molecular weight is 421 g/mol. The van der Waals surface area contributed by atoms with Gasteiger partial charge in [0.25, 0.3) is 0 Å². The van der Waals surface area contributed by atoms with Crippen LogP contribution in [0.5, 0.6) is 0 Å². The van der Waals surface area contributed by atoms with Crippen LogP contribution >= 0.6 is 46.1 Å². The lowest BCUT2D eigenvalue weighted by Crippen LogP contribution is -1.96. The highest BCUT2D eigenvalue weighted by molar-refractivity contribution is 7.19. The Balaban J connectivity index is 1.89. The summed E-state index contributed by atoms with van der Waals surface area (Å²) in [5, 5.41) is 6.11. The molecule has 26 heavy (non-hydrogen) atoms. The maximum absolute atomic E-state index is 6.11. The summed E-state index contributed by atoms with van der Waals surface area (Å²) in [5.74, 6) is 0.711. The molecule has 1 N–H and O–H groups in total. The number of halogens is 3. The molecule has 7 heteroatoms. The number of thiophene rings is 1. The third-order valence-corrected chi connectivity index (χ3v) is 5.62. The lowest BCUT2D eigenvalue weighted by Gasteiger charge is -2.10. The number of benzene rings is 2. The van der Waals surface area contributed by atoms with Crippen LogP contribution in [0.3, 0.4) is 0 Å². The molecule has 2 aromatic carbocycles. The van der Waals surface area contributed by atoms with Gasteiger partial charge in [-0.3, -0.25) is 0 Å². The van der Waals surface area contributed by atoms with Crippen molar-refractivity contribution in [2.45, 2.75) is 6.92 Å². The van der Waals surface area contributed by atoms with Crippen molar-refractivity contribution < 1.29 is 0 Å². The third kappa shape index (κ3) is 3.38. The molecule has 0 aliphatic rings. The van der Waals surface area contributed by atoms with E-state index in [2.05, 4.69) is 22.2 Å². The third-order valence-electron chi connectivity index (χ3n) is 3.92. The smallest absolute Gasteiger partial charge is 0.143 e. The summed E-state index contributed by atoms with van der Waals surface area (Å²) in [7, 11) is 0. The zero-order valence-electron chi connectivity index (χ0n) is 13.6. The van der Waals surface area contributed by atoms with Crippen molar-refractivity contribution in [3.8, 4) is 11.1 Å². The molecule has 0 saturated heterocycles. The quantitative estimate of drug-likeness (QED) is 0.376. The Kier molecular flexibility index (Phi) is 4.76. The Hall–Kier alpha value is -1.85. The minimum absolute atomic E-state index is 0.560. The molecule has 0 amide bonds. The van der Waals surface area contributed by atoms with Crippen molar-refractivity contribution in [1.29, 1.82) is 0 Å². The van der Waals surface area contributed by atoms with Gasteiger partial charge in [-0.05, 0) is 42.8 Å². The first-order valence-corrected chi connectivity index (χ1v) is 9.69. The molecule has 0 radical (unpaired) electrons. The standard InChI is InChI=1S/C19H12Cl3N3S/c1-10-16(11-2-4-12(20)5-3-11)17-18(23-9-24-19(17)26-10)25-15-7-13(21)6-14(22)8-15/h2-9H,1H3,(H,23,24,25). The summed E-state index contributed by atoms with van der Waals surface area (Å²) in [4.78, 5) is 11.0. The van der Waals surface area contributed by atoms with E-state index in [0.29, 0.717) is 20.9 Å². The Morgan fingerprint density at radius 3 is 2.27 bits per heavy atom. The molecule has 4 rings (SSSR count). The molecule has 0 spiro atoms. The van der Waals surface area contributed by atoms with Crippen molar-refractivity contribution >= 4 is 67.9 Å². The van der Waals surface area contributed by atoms with Crippen LogP contribution in [-0.4, -0.2) is 9.97 Å². The van der Waals surface area contributed by atoms with E-state index in [9.17, 15) is 0 Å². The predicted molar refractivity (Wildman–Crippen MR) is 112 cm³/mol. The zero-order chi connectivity index (χ0) is 18.3. The maximum atomic E-state index is 6.11. The molecule has 2 aromatic heterocycles. The first-order chi connectivity index (χ1) is 12.5. The summed E-state index contributed by atoms with van der Waals surface area (Å²) >= 11 is 19.9. The largest absolute Gasteiger partial charge is 0.339 e. The molecule has 2 heterocycles. The molecular weight excluding hydrogens is 409 g/mol. The first-order valence-electron chi connectivity index (χ1n) is 7.74. The van der Waals surface area contributed by atoms with E-state index >= 15 is 0 Å².